The Morgan fingerprint density at radius 2 is 1.90 bits per heavy atom. The summed E-state index contributed by atoms with van der Waals surface area (Å²) in [4.78, 5) is 12.3. The number of nitrogens with two attached hydrogens (primary N) is 1. The molecule has 3 N–H and O–H groups in total. The SMILES string of the molecule is NC(=S)c1cc(Br)ccc1NC(=O)c1ccc(Br)c(F)c1. The highest BCUT2D eigenvalue weighted by Gasteiger charge is 2.12. The maximum atomic E-state index is 13.5. The Balaban J connectivity index is 2.31. The van der Waals surface area contributed by atoms with Crippen LogP contribution in [0.3, 0.4) is 0 Å². The number of rotatable bonds is 3. The number of benzene rings is 2. The molecule has 0 atom stereocenters. The summed E-state index contributed by atoms with van der Waals surface area (Å²) in [5, 5.41) is 2.67. The van der Waals surface area contributed by atoms with Gasteiger partial charge in [0.15, 0.2) is 0 Å². The van der Waals surface area contributed by atoms with Crippen LogP contribution >= 0.6 is 44.1 Å². The molecule has 2 aromatic carbocycles. The lowest BCUT2D eigenvalue weighted by atomic mass is 10.1. The molecule has 2 rings (SSSR count). The van der Waals surface area contributed by atoms with Gasteiger partial charge < -0.3 is 11.1 Å². The lowest BCUT2D eigenvalue weighted by Gasteiger charge is -2.11. The summed E-state index contributed by atoms with van der Waals surface area (Å²) >= 11 is 11.3. The van der Waals surface area contributed by atoms with E-state index < -0.39 is 11.7 Å². The van der Waals surface area contributed by atoms with E-state index in [1.807, 2.05) is 0 Å². The van der Waals surface area contributed by atoms with Gasteiger partial charge in [-0.05, 0) is 52.3 Å². The van der Waals surface area contributed by atoms with Crippen LogP contribution in [-0.4, -0.2) is 10.9 Å². The summed E-state index contributed by atoms with van der Waals surface area (Å²) in [6.07, 6.45) is 0. The van der Waals surface area contributed by atoms with E-state index >= 15 is 0 Å². The molecule has 0 aromatic heterocycles. The lowest BCUT2D eigenvalue weighted by Crippen LogP contribution is -2.17. The molecule has 0 fully saturated rings. The van der Waals surface area contributed by atoms with E-state index in [1.54, 1.807) is 18.2 Å². The standard InChI is InChI=1S/C14H9Br2FN2OS/c15-8-2-4-12(9(6-8)13(18)21)19-14(20)7-1-3-10(16)11(17)5-7/h1-6H,(H2,18,21)(H,19,20). The number of hydrogen-bond acceptors (Lipinski definition) is 2. The van der Waals surface area contributed by atoms with Crippen molar-refractivity contribution in [3.8, 4) is 0 Å². The molecule has 7 heteroatoms. The van der Waals surface area contributed by atoms with Crippen molar-refractivity contribution in [3.05, 3.63) is 62.3 Å². The van der Waals surface area contributed by atoms with E-state index in [4.69, 9.17) is 18.0 Å². The average molecular weight is 432 g/mol. The van der Waals surface area contributed by atoms with Gasteiger partial charge in [-0.3, -0.25) is 4.79 Å². The molecule has 0 saturated heterocycles. The maximum absolute atomic E-state index is 13.5. The molecule has 108 valence electrons. The predicted octanol–water partition coefficient (Wildman–Crippen LogP) is 4.24. The fraction of sp³-hybridized carbons (Fsp3) is 0. The first kappa shape index (κ1) is 16.1. The third kappa shape index (κ3) is 3.87. The molecule has 3 nitrogen and oxygen atoms in total. The molecule has 0 heterocycles. The first-order chi connectivity index (χ1) is 9.88. The molecule has 21 heavy (non-hydrogen) atoms. The minimum absolute atomic E-state index is 0.161. The van der Waals surface area contributed by atoms with Gasteiger partial charge in [0.25, 0.3) is 5.91 Å². The average Bonchev–Trinajstić information content (AvgIpc) is 2.43. The Kier molecular flexibility index (Phi) is 5.08. The monoisotopic (exact) mass is 430 g/mol. The van der Waals surface area contributed by atoms with Crippen LogP contribution in [0.25, 0.3) is 0 Å². The topological polar surface area (TPSA) is 55.1 Å². The molecule has 0 unspecified atom stereocenters. The normalized spacial score (nSPS) is 10.2. The fourth-order valence-electron chi connectivity index (χ4n) is 1.66. The Bertz CT molecular complexity index is 737. The second-order valence-electron chi connectivity index (χ2n) is 4.14. The number of anilines is 1. The van der Waals surface area contributed by atoms with E-state index in [0.717, 1.165) is 10.5 Å². The van der Waals surface area contributed by atoms with Gasteiger partial charge in [0, 0.05) is 15.6 Å². The highest BCUT2D eigenvalue weighted by Crippen LogP contribution is 2.22. The van der Waals surface area contributed by atoms with Gasteiger partial charge in [-0.2, -0.15) is 0 Å². The zero-order valence-electron chi connectivity index (χ0n) is 10.5. The molecular formula is C14H9Br2FN2OS. The number of thiocarbonyl (C=S) groups is 1. The van der Waals surface area contributed by atoms with Gasteiger partial charge in [-0.1, -0.05) is 28.1 Å². The van der Waals surface area contributed by atoms with Gasteiger partial charge >= 0.3 is 0 Å². The largest absolute Gasteiger partial charge is 0.389 e. The van der Waals surface area contributed by atoms with E-state index in [9.17, 15) is 9.18 Å². The summed E-state index contributed by atoms with van der Waals surface area (Å²) in [5.74, 6) is -0.950. The van der Waals surface area contributed by atoms with E-state index in [1.165, 1.54) is 12.1 Å². The Morgan fingerprint density at radius 3 is 2.52 bits per heavy atom. The Hall–Kier alpha value is -1.31. The third-order valence-electron chi connectivity index (χ3n) is 2.68. The van der Waals surface area contributed by atoms with Crippen LogP contribution in [0, 0.1) is 5.82 Å². The van der Waals surface area contributed by atoms with Crippen LogP contribution in [0.4, 0.5) is 10.1 Å². The molecular weight excluding hydrogens is 423 g/mol. The second kappa shape index (κ2) is 6.64. The van der Waals surface area contributed by atoms with E-state index in [2.05, 4.69) is 37.2 Å². The fourth-order valence-corrected chi connectivity index (χ4v) is 2.44. The van der Waals surface area contributed by atoms with Crippen molar-refractivity contribution in [2.75, 3.05) is 5.32 Å². The van der Waals surface area contributed by atoms with Crippen LogP contribution in [0.2, 0.25) is 0 Å². The van der Waals surface area contributed by atoms with Gasteiger partial charge in [-0.25, -0.2) is 4.39 Å². The summed E-state index contributed by atoms with van der Waals surface area (Å²) < 4.78 is 14.6. The Labute approximate surface area is 143 Å². The van der Waals surface area contributed by atoms with E-state index in [-0.39, 0.29) is 10.6 Å². The van der Waals surface area contributed by atoms with Crippen LogP contribution in [-0.2, 0) is 0 Å². The van der Waals surface area contributed by atoms with Crippen LogP contribution in [0.15, 0.2) is 45.3 Å². The third-order valence-corrected chi connectivity index (χ3v) is 4.03. The van der Waals surface area contributed by atoms with Crippen molar-refractivity contribution in [1.29, 1.82) is 0 Å². The van der Waals surface area contributed by atoms with Crippen molar-refractivity contribution < 1.29 is 9.18 Å². The van der Waals surface area contributed by atoms with Crippen LogP contribution < -0.4 is 11.1 Å². The number of amides is 1. The van der Waals surface area contributed by atoms with Gasteiger partial charge in [0.2, 0.25) is 0 Å². The minimum Gasteiger partial charge on any atom is -0.389 e. The molecule has 0 aliphatic carbocycles. The summed E-state index contributed by atoms with van der Waals surface area (Å²) in [6, 6.07) is 9.27. The molecule has 0 radical (unpaired) electrons. The van der Waals surface area contributed by atoms with Gasteiger partial charge in [-0.15, -0.1) is 0 Å². The van der Waals surface area contributed by atoms with Crippen molar-refractivity contribution >= 4 is 60.7 Å². The first-order valence-corrected chi connectivity index (χ1v) is 7.73. The predicted molar refractivity (Wildman–Crippen MR) is 92.1 cm³/mol. The smallest absolute Gasteiger partial charge is 0.255 e. The number of carbonyl (C=O) groups excluding carboxylic acids is 1. The molecule has 1 amide bonds. The summed E-state index contributed by atoms with van der Waals surface area (Å²) in [5.41, 5.74) is 6.84. The lowest BCUT2D eigenvalue weighted by molar-refractivity contribution is 0.102. The van der Waals surface area contributed by atoms with E-state index in [0.29, 0.717) is 15.7 Å². The highest BCUT2D eigenvalue weighted by atomic mass is 79.9. The number of nitrogens with one attached hydrogen (secondary N) is 1. The maximum Gasteiger partial charge on any atom is 0.255 e. The Morgan fingerprint density at radius 1 is 1.19 bits per heavy atom. The number of halogens is 3. The number of carbonyl (C=O) groups is 1. The molecule has 0 bridgehead atoms. The van der Waals surface area contributed by atoms with Crippen molar-refractivity contribution in [2.45, 2.75) is 0 Å². The molecule has 0 aliphatic heterocycles. The summed E-state index contributed by atoms with van der Waals surface area (Å²) in [6.45, 7) is 0. The second-order valence-corrected chi connectivity index (χ2v) is 6.35. The van der Waals surface area contributed by atoms with Crippen LogP contribution in [0.1, 0.15) is 15.9 Å². The molecule has 0 aliphatic rings. The summed E-state index contributed by atoms with van der Waals surface area (Å²) in [7, 11) is 0. The zero-order chi connectivity index (χ0) is 15.6. The highest BCUT2D eigenvalue weighted by molar-refractivity contribution is 9.10. The molecule has 0 saturated carbocycles. The van der Waals surface area contributed by atoms with Crippen molar-refractivity contribution in [2.24, 2.45) is 5.73 Å². The first-order valence-electron chi connectivity index (χ1n) is 5.74. The van der Waals surface area contributed by atoms with Crippen molar-refractivity contribution in [1.82, 2.24) is 0 Å². The molecule has 2 aromatic rings. The van der Waals surface area contributed by atoms with Gasteiger partial charge in [0.05, 0.1) is 10.2 Å². The van der Waals surface area contributed by atoms with Crippen LogP contribution in [0.5, 0.6) is 0 Å². The minimum atomic E-state index is -0.506. The van der Waals surface area contributed by atoms with Crippen molar-refractivity contribution in [3.63, 3.8) is 0 Å². The quantitative estimate of drug-likeness (QED) is 0.714. The zero-order valence-corrected chi connectivity index (χ0v) is 14.5. The number of hydrogen-bond donors (Lipinski definition) is 2. The molecule has 0 spiro atoms. The van der Waals surface area contributed by atoms with Gasteiger partial charge in [0.1, 0.15) is 10.8 Å².